The van der Waals surface area contributed by atoms with Gasteiger partial charge in [-0.25, -0.2) is 0 Å². The highest BCUT2D eigenvalue weighted by atomic mass is 32.2. The van der Waals surface area contributed by atoms with Gasteiger partial charge < -0.3 is 5.73 Å². The Kier molecular flexibility index (Phi) is 5.99. The van der Waals surface area contributed by atoms with Gasteiger partial charge in [0.25, 0.3) is 0 Å². The minimum Gasteiger partial charge on any atom is -0.379 e. The van der Waals surface area contributed by atoms with Gasteiger partial charge in [-0.15, -0.1) is 11.3 Å². The standard InChI is InChI=1S/C25H25N3S2/c1-3-6-17(4-2)14-20-9-10-22-21(25(20)11-12-29-24(27)28-25)15-23(30-22)19-8-5-7-18(13-19)16-26/h3-8,13,15,20H,1-2,9-12,14H2,(H2,27,28). The zero-order valence-corrected chi connectivity index (χ0v) is 18.6. The molecule has 30 heavy (non-hydrogen) atoms. The summed E-state index contributed by atoms with van der Waals surface area (Å²) in [5, 5.41) is 9.97. The number of allylic oxidation sites excluding steroid dienone is 4. The Labute approximate surface area is 186 Å². The third kappa shape index (κ3) is 3.78. The van der Waals surface area contributed by atoms with Crippen LogP contribution in [0.1, 0.15) is 35.3 Å². The van der Waals surface area contributed by atoms with E-state index < -0.39 is 0 Å². The minimum atomic E-state index is -0.284. The summed E-state index contributed by atoms with van der Waals surface area (Å²) < 4.78 is 0. The maximum absolute atomic E-state index is 9.28. The average molecular weight is 432 g/mol. The van der Waals surface area contributed by atoms with Gasteiger partial charge in [-0.1, -0.05) is 55.3 Å². The first-order valence-corrected chi connectivity index (χ1v) is 12.0. The summed E-state index contributed by atoms with van der Waals surface area (Å²) in [5.41, 5.74) is 10.3. The van der Waals surface area contributed by atoms with E-state index in [4.69, 9.17) is 10.7 Å². The average Bonchev–Trinajstić information content (AvgIpc) is 3.21. The van der Waals surface area contributed by atoms with Crippen LogP contribution in [-0.2, 0) is 12.0 Å². The van der Waals surface area contributed by atoms with E-state index in [9.17, 15) is 5.26 Å². The summed E-state index contributed by atoms with van der Waals surface area (Å²) in [4.78, 5) is 7.71. The van der Waals surface area contributed by atoms with E-state index in [2.05, 4.69) is 31.4 Å². The number of hydrogen-bond donors (Lipinski definition) is 1. The number of rotatable bonds is 5. The molecular formula is C25H25N3S2. The number of nitrogens with two attached hydrogens (primary N) is 1. The molecule has 1 aliphatic carbocycles. The Morgan fingerprint density at radius 1 is 1.37 bits per heavy atom. The van der Waals surface area contributed by atoms with Crippen LogP contribution in [0.3, 0.4) is 0 Å². The van der Waals surface area contributed by atoms with Crippen LogP contribution in [0.15, 0.2) is 72.3 Å². The number of hydrogen-bond acceptors (Lipinski definition) is 5. The van der Waals surface area contributed by atoms with Crippen molar-refractivity contribution in [3.05, 3.63) is 83.3 Å². The molecule has 1 aromatic heterocycles. The fourth-order valence-corrected chi connectivity index (χ4v) is 6.74. The first kappa shape index (κ1) is 20.7. The Balaban J connectivity index is 1.81. The molecule has 2 heterocycles. The van der Waals surface area contributed by atoms with Crippen molar-refractivity contribution < 1.29 is 0 Å². The van der Waals surface area contributed by atoms with Gasteiger partial charge in [-0.3, -0.25) is 4.99 Å². The smallest absolute Gasteiger partial charge is 0.154 e. The Morgan fingerprint density at radius 3 is 2.97 bits per heavy atom. The fraction of sp³-hybridized carbons (Fsp3) is 0.280. The lowest BCUT2D eigenvalue weighted by atomic mass is 9.68. The molecule has 1 aliphatic heterocycles. The highest BCUT2D eigenvalue weighted by Gasteiger charge is 2.46. The number of aryl methyl sites for hydroxylation is 1. The number of aliphatic imine (C=N–C) groups is 1. The zero-order chi connectivity index (χ0) is 21.1. The maximum Gasteiger partial charge on any atom is 0.154 e. The van der Waals surface area contributed by atoms with E-state index in [-0.39, 0.29) is 5.54 Å². The van der Waals surface area contributed by atoms with Crippen molar-refractivity contribution in [2.24, 2.45) is 16.6 Å². The molecular weight excluding hydrogens is 406 g/mol. The Hall–Kier alpha value is -2.55. The predicted octanol–water partition coefficient (Wildman–Crippen LogP) is 6.18. The van der Waals surface area contributed by atoms with Gasteiger partial charge in [0.2, 0.25) is 0 Å². The summed E-state index contributed by atoms with van der Waals surface area (Å²) >= 11 is 3.49. The normalized spacial score (nSPS) is 23.4. The summed E-state index contributed by atoms with van der Waals surface area (Å²) in [6, 6.07) is 12.4. The first-order valence-electron chi connectivity index (χ1n) is 10.2. The number of benzene rings is 1. The Morgan fingerprint density at radius 2 is 2.23 bits per heavy atom. The predicted molar refractivity (Wildman–Crippen MR) is 130 cm³/mol. The van der Waals surface area contributed by atoms with Gasteiger partial charge >= 0.3 is 0 Å². The van der Waals surface area contributed by atoms with E-state index >= 15 is 0 Å². The highest BCUT2D eigenvalue weighted by molar-refractivity contribution is 8.13. The summed E-state index contributed by atoms with van der Waals surface area (Å²) in [6.45, 7) is 7.84. The van der Waals surface area contributed by atoms with Crippen molar-refractivity contribution in [1.82, 2.24) is 0 Å². The van der Waals surface area contributed by atoms with Crippen LogP contribution in [0.5, 0.6) is 0 Å². The fourth-order valence-electron chi connectivity index (χ4n) is 4.64. The molecule has 0 amide bonds. The number of fused-ring (bicyclic) bond motifs is 2. The topological polar surface area (TPSA) is 62.2 Å². The van der Waals surface area contributed by atoms with Crippen molar-refractivity contribution in [1.29, 1.82) is 5.26 Å². The van der Waals surface area contributed by atoms with E-state index in [0.717, 1.165) is 37.0 Å². The second kappa shape index (κ2) is 8.67. The first-order chi connectivity index (χ1) is 14.6. The van der Waals surface area contributed by atoms with Crippen molar-refractivity contribution >= 4 is 28.3 Å². The third-order valence-electron chi connectivity index (χ3n) is 6.07. The van der Waals surface area contributed by atoms with Crippen LogP contribution in [0, 0.1) is 17.2 Å². The van der Waals surface area contributed by atoms with E-state index in [1.807, 2.05) is 47.8 Å². The van der Waals surface area contributed by atoms with E-state index in [1.165, 1.54) is 20.9 Å². The van der Waals surface area contributed by atoms with Gasteiger partial charge in [0.15, 0.2) is 5.17 Å². The van der Waals surface area contributed by atoms with Gasteiger partial charge in [0, 0.05) is 15.5 Å². The lowest BCUT2D eigenvalue weighted by Gasteiger charge is -2.43. The molecule has 0 radical (unpaired) electrons. The second-order valence-electron chi connectivity index (χ2n) is 7.73. The van der Waals surface area contributed by atoms with Crippen LogP contribution in [0.2, 0.25) is 0 Å². The lowest BCUT2D eigenvalue weighted by molar-refractivity contribution is 0.235. The molecule has 1 aromatic carbocycles. The maximum atomic E-state index is 9.28. The van der Waals surface area contributed by atoms with Gasteiger partial charge in [-0.05, 0) is 66.5 Å². The van der Waals surface area contributed by atoms with Gasteiger partial charge in [0.05, 0.1) is 17.2 Å². The third-order valence-corrected chi connectivity index (χ3v) is 8.11. The van der Waals surface area contributed by atoms with Crippen molar-refractivity contribution in [3.8, 4) is 16.5 Å². The summed E-state index contributed by atoms with van der Waals surface area (Å²) in [6.07, 6.45) is 9.85. The molecule has 152 valence electrons. The molecule has 2 unspecified atom stereocenters. The highest BCUT2D eigenvalue weighted by Crippen LogP contribution is 2.53. The van der Waals surface area contributed by atoms with Crippen LogP contribution in [0.25, 0.3) is 10.4 Å². The molecule has 2 N–H and O–H groups in total. The molecule has 4 rings (SSSR count). The largest absolute Gasteiger partial charge is 0.379 e. The summed E-state index contributed by atoms with van der Waals surface area (Å²) in [5.74, 6) is 1.36. The molecule has 2 aromatic rings. The Bertz CT molecular complexity index is 1090. The number of nitrogens with zero attached hydrogens (tertiary/aromatic N) is 2. The molecule has 0 saturated carbocycles. The van der Waals surface area contributed by atoms with Crippen LogP contribution in [0.4, 0.5) is 0 Å². The number of amidine groups is 1. The monoisotopic (exact) mass is 431 g/mol. The van der Waals surface area contributed by atoms with Gasteiger partial charge in [-0.2, -0.15) is 5.26 Å². The molecule has 2 aliphatic rings. The molecule has 5 heteroatoms. The van der Waals surface area contributed by atoms with Gasteiger partial charge in [0.1, 0.15) is 0 Å². The number of thiophene rings is 1. The van der Waals surface area contributed by atoms with Crippen molar-refractivity contribution in [2.45, 2.75) is 31.2 Å². The molecule has 1 spiro atoms. The van der Waals surface area contributed by atoms with Crippen molar-refractivity contribution in [2.75, 3.05) is 5.75 Å². The summed E-state index contributed by atoms with van der Waals surface area (Å²) in [7, 11) is 0. The van der Waals surface area contributed by atoms with Crippen LogP contribution in [-0.4, -0.2) is 10.9 Å². The number of nitriles is 1. The molecule has 2 atom stereocenters. The zero-order valence-electron chi connectivity index (χ0n) is 16.9. The minimum absolute atomic E-state index is 0.284. The molecule has 0 saturated heterocycles. The SMILES string of the molecule is C=CC=C(C=C)CC1CCc2sc(-c3cccc(C#N)c3)cc2C12CCSC(N)=N2. The molecule has 0 fully saturated rings. The van der Waals surface area contributed by atoms with Crippen LogP contribution >= 0.6 is 23.1 Å². The number of thioether (sulfide) groups is 1. The molecule has 0 bridgehead atoms. The van der Waals surface area contributed by atoms with Crippen LogP contribution < -0.4 is 5.73 Å². The second-order valence-corrected chi connectivity index (χ2v) is 9.99. The van der Waals surface area contributed by atoms with E-state index in [1.54, 1.807) is 11.8 Å². The van der Waals surface area contributed by atoms with Crippen molar-refractivity contribution in [3.63, 3.8) is 0 Å². The van der Waals surface area contributed by atoms with E-state index in [0.29, 0.717) is 16.6 Å². The lowest BCUT2D eigenvalue weighted by Crippen LogP contribution is -2.41. The molecule has 3 nitrogen and oxygen atoms in total. The quantitative estimate of drug-likeness (QED) is 0.575.